The third-order valence-electron chi connectivity index (χ3n) is 2.53. The fourth-order valence-corrected chi connectivity index (χ4v) is 1.58. The van der Waals surface area contributed by atoms with E-state index in [1.165, 1.54) is 10.6 Å². The number of nitrogens with two attached hydrogens (primary N) is 1. The van der Waals surface area contributed by atoms with Gasteiger partial charge in [0.25, 0.3) is 5.56 Å². The van der Waals surface area contributed by atoms with Crippen LogP contribution in [0.15, 0.2) is 39.9 Å². The minimum atomic E-state index is -0.490. The minimum Gasteiger partial charge on any atom is -0.385 e. The summed E-state index contributed by atoms with van der Waals surface area (Å²) < 4.78 is 1.33. The highest BCUT2D eigenvalue weighted by atomic mass is 16.2. The quantitative estimate of drug-likeness (QED) is 0.788. The molecule has 88 valence electrons. The lowest BCUT2D eigenvalue weighted by Gasteiger charge is -2.08. The summed E-state index contributed by atoms with van der Waals surface area (Å²) in [5, 5.41) is 0. The summed E-state index contributed by atoms with van der Waals surface area (Å²) in [5.41, 5.74) is 6.78. The number of aromatic amines is 1. The molecule has 0 aliphatic carbocycles. The SMILES string of the molecule is Cc1ccc(Cn2c(N)cc(=O)[nH]c2=O)cc1. The summed E-state index contributed by atoms with van der Waals surface area (Å²) >= 11 is 0. The molecular formula is C12H13N3O2. The highest BCUT2D eigenvalue weighted by molar-refractivity contribution is 5.29. The molecule has 2 aromatic rings. The predicted molar refractivity (Wildman–Crippen MR) is 66.0 cm³/mol. The van der Waals surface area contributed by atoms with E-state index < -0.39 is 11.2 Å². The molecule has 0 amide bonds. The molecule has 5 heteroatoms. The molecule has 0 fully saturated rings. The number of H-pyrrole nitrogens is 1. The number of nitrogen functional groups attached to an aromatic ring is 1. The Morgan fingerprint density at radius 2 is 1.88 bits per heavy atom. The third-order valence-corrected chi connectivity index (χ3v) is 2.53. The van der Waals surface area contributed by atoms with Gasteiger partial charge < -0.3 is 5.73 Å². The van der Waals surface area contributed by atoms with Gasteiger partial charge in [-0.2, -0.15) is 0 Å². The Balaban J connectivity index is 2.40. The molecule has 2 rings (SSSR count). The van der Waals surface area contributed by atoms with E-state index in [-0.39, 0.29) is 5.82 Å². The average molecular weight is 231 g/mol. The van der Waals surface area contributed by atoms with Gasteiger partial charge in [-0.05, 0) is 12.5 Å². The predicted octanol–water partition coefficient (Wildman–Crippen LogP) is 0.476. The Kier molecular flexibility index (Phi) is 2.82. The Bertz CT molecular complexity index is 638. The van der Waals surface area contributed by atoms with Crippen LogP contribution in [0.25, 0.3) is 0 Å². The Morgan fingerprint density at radius 3 is 2.47 bits per heavy atom. The average Bonchev–Trinajstić information content (AvgIpc) is 2.26. The molecule has 0 spiro atoms. The van der Waals surface area contributed by atoms with Crippen molar-refractivity contribution in [2.24, 2.45) is 0 Å². The summed E-state index contributed by atoms with van der Waals surface area (Å²) in [7, 11) is 0. The lowest BCUT2D eigenvalue weighted by molar-refractivity contribution is 0.732. The van der Waals surface area contributed by atoms with Gasteiger partial charge in [-0.1, -0.05) is 29.8 Å². The van der Waals surface area contributed by atoms with E-state index in [2.05, 4.69) is 4.98 Å². The van der Waals surface area contributed by atoms with E-state index in [1.54, 1.807) is 0 Å². The summed E-state index contributed by atoms with van der Waals surface area (Å²) in [6.45, 7) is 2.34. The zero-order valence-corrected chi connectivity index (χ0v) is 9.43. The Hall–Kier alpha value is -2.30. The molecule has 5 nitrogen and oxygen atoms in total. The van der Waals surface area contributed by atoms with E-state index in [0.717, 1.165) is 11.1 Å². The van der Waals surface area contributed by atoms with Crippen molar-refractivity contribution in [1.29, 1.82) is 0 Å². The van der Waals surface area contributed by atoms with Crippen LogP contribution >= 0.6 is 0 Å². The normalized spacial score (nSPS) is 10.4. The lowest BCUT2D eigenvalue weighted by atomic mass is 10.1. The van der Waals surface area contributed by atoms with Crippen LogP contribution in [0.3, 0.4) is 0 Å². The van der Waals surface area contributed by atoms with Crippen LogP contribution in [-0.4, -0.2) is 9.55 Å². The zero-order chi connectivity index (χ0) is 12.4. The van der Waals surface area contributed by atoms with Crippen molar-refractivity contribution >= 4 is 5.82 Å². The summed E-state index contributed by atoms with van der Waals surface area (Å²) in [6, 6.07) is 8.97. The molecule has 0 saturated heterocycles. The van der Waals surface area contributed by atoms with Crippen LogP contribution in [0.2, 0.25) is 0 Å². The van der Waals surface area contributed by atoms with Crippen molar-refractivity contribution < 1.29 is 0 Å². The van der Waals surface area contributed by atoms with E-state index >= 15 is 0 Å². The highest BCUT2D eigenvalue weighted by Crippen LogP contribution is 2.05. The van der Waals surface area contributed by atoms with E-state index in [0.29, 0.717) is 6.54 Å². The fourth-order valence-electron chi connectivity index (χ4n) is 1.58. The first-order chi connectivity index (χ1) is 8.06. The molecule has 1 aromatic carbocycles. The number of nitrogens with zero attached hydrogens (tertiary/aromatic N) is 1. The van der Waals surface area contributed by atoms with Gasteiger partial charge in [0, 0.05) is 6.07 Å². The summed E-state index contributed by atoms with van der Waals surface area (Å²) in [5.74, 6) is 0.166. The molecule has 0 radical (unpaired) electrons. The van der Waals surface area contributed by atoms with Crippen LogP contribution in [-0.2, 0) is 6.54 Å². The standard InChI is InChI=1S/C12H13N3O2/c1-8-2-4-9(5-3-8)7-15-10(13)6-11(16)14-12(15)17/h2-6H,7,13H2,1H3,(H,14,16,17). The van der Waals surface area contributed by atoms with Crippen molar-refractivity contribution in [2.75, 3.05) is 5.73 Å². The fraction of sp³-hybridized carbons (Fsp3) is 0.167. The maximum absolute atomic E-state index is 11.6. The zero-order valence-electron chi connectivity index (χ0n) is 9.43. The molecule has 0 aliphatic rings. The Labute approximate surface area is 97.5 Å². The number of hydrogen-bond donors (Lipinski definition) is 2. The molecule has 0 bridgehead atoms. The van der Waals surface area contributed by atoms with Crippen molar-refractivity contribution in [3.05, 3.63) is 62.3 Å². The number of anilines is 1. The number of benzene rings is 1. The first kappa shape index (κ1) is 11.2. The number of nitrogens with one attached hydrogen (secondary N) is 1. The molecule has 0 atom stereocenters. The first-order valence-corrected chi connectivity index (χ1v) is 5.21. The third kappa shape index (κ3) is 2.44. The molecule has 1 aromatic heterocycles. The van der Waals surface area contributed by atoms with Gasteiger partial charge in [0.2, 0.25) is 0 Å². The van der Waals surface area contributed by atoms with Crippen LogP contribution in [0.1, 0.15) is 11.1 Å². The maximum Gasteiger partial charge on any atom is 0.330 e. The Morgan fingerprint density at radius 1 is 1.24 bits per heavy atom. The van der Waals surface area contributed by atoms with Gasteiger partial charge in [0.15, 0.2) is 0 Å². The highest BCUT2D eigenvalue weighted by Gasteiger charge is 2.03. The summed E-state index contributed by atoms with van der Waals surface area (Å²) in [4.78, 5) is 24.8. The topological polar surface area (TPSA) is 80.9 Å². The molecular weight excluding hydrogens is 218 g/mol. The van der Waals surface area contributed by atoms with Gasteiger partial charge in [-0.3, -0.25) is 14.3 Å². The van der Waals surface area contributed by atoms with Crippen LogP contribution in [0, 0.1) is 6.92 Å². The number of rotatable bonds is 2. The minimum absolute atomic E-state index is 0.166. The van der Waals surface area contributed by atoms with Crippen LogP contribution < -0.4 is 17.0 Å². The smallest absolute Gasteiger partial charge is 0.330 e. The van der Waals surface area contributed by atoms with Crippen LogP contribution in [0.4, 0.5) is 5.82 Å². The van der Waals surface area contributed by atoms with Crippen molar-refractivity contribution in [3.8, 4) is 0 Å². The second-order valence-corrected chi connectivity index (χ2v) is 3.94. The van der Waals surface area contributed by atoms with Crippen molar-refractivity contribution in [2.45, 2.75) is 13.5 Å². The van der Waals surface area contributed by atoms with Crippen molar-refractivity contribution in [1.82, 2.24) is 9.55 Å². The van der Waals surface area contributed by atoms with Gasteiger partial charge >= 0.3 is 5.69 Å². The summed E-state index contributed by atoms with van der Waals surface area (Å²) in [6.07, 6.45) is 0. The van der Waals surface area contributed by atoms with E-state index in [4.69, 9.17) is 5.73 Å². The number of hydrogen-bond acceptors (Lipinski definition) is 3. The van der Waals surface area contributed by atoms with Gasteiger partial charge in [-0.25, -0.2) is 4.79 Å². The second-order valence-electron chi connectivity index (χ2n) is 3.94. The van der Waals surface area contributed by atoms with Gasteiger partial charge in [-0.15, -0.1) is 0 Å². The molecule has 17 heavy (non-hydrogen) atoms. The number of aromatic nitrogens is 2. The lowest BCUT2D eigenvalue weighted by Crippen LogP contribution is -2.31. The molecule has 1 heterocycles. The molecule has 0 unspecified atom stereocenters. The van der Waals surface area contributed by atoms with Crippen molar-refractivity contribution in [3.63, 3.8) is 0 Å². The second kappa shape index (κ2) is 4.29. The molecule has 0 aliphatic heterocycles. The first-order valence-electron chi connectivity index (χ1n) is 5.21. The largest absolute Gasteiger partial charge is 0.385 e. The molecule has 0 saturated carbocycles. The van der Waals surface area contributed by atoms with Gasteiger partial charge in [0.1, 0.15) is 5.82 Å². The van der Waals surface area contributed by atoms with E-state index in [1.807, 2.05) is 31.2 Å². The maximum atomic E-state index is 11.6. The van der Waals surface area contributed by atoms with Crippen LogP contribution in [0.5, 0.6) is 0 Å². The molecule has 3 N–H and O–H groups in total. The van der Waals surface area contributed by atoms with Gasteiger partial charge in [0.05, 0.1) is 6.54 Å². The number of aryl methyl sites for hydroxylation is 1. The monoisotopic (exact) mass is 231 g/mol. The van der Waals surface area contributed by atoms with E-state index in [9.17, 15) is 9.59 Å².